The predicted molar refractivity (Wildman–Crippen MR) is 127 cm³/mol. The summed E-state index contributed by atoms with van der Waals surface area (Å²) in [5.74, 6) is 0.863. The zero-order valence-corrected chi connectivity index (χ0v) is 19.5. The number of halogens is 1. The lowest BCUT2D eigenvalue weighted by atomic mass is 10.1. The Morgan fingerprint density at radius 2 is 1.67 bits per heavy atom. The minimum absolute atomic E-state index is 0.227. The summed E-state index contributed by atoms with van der Waals surface area (Å²) in [5.41, 5.74) is 1.98. The van der Waals surface area contributed by atoms with Crippen LogP contribution in [0.25, 0.3) is 11.3 Å². The molecule has 0 aliphatic carbocycles. The molecule has 30 heavy (non-hydrogen) atoms. The van der Waals surface area contributed by atoms with Gasteiger partial charge in [-0.25, -0.2) is 8.42 Å². The van der Waals surface area contributed by atoms with Crippen LogP contribution >= 0.6 is 22.6 Å². The Balaban J connectivity index is 1.51. The van der Waals surface area contributed by atoms with Gasteiger partial charge in [-0.05, 0) is 78.2 Å². The molecule has 2 heterocycles. The van der Waals surface area contributed by atoms with Crippen LogP contribution in [0.2, 0.25) is 0 Å². The van der Waals surface area contributed by atoms with Gasteiger partial charge in [-0.2, -0.15) is 0 Å². The molecule has 0 amide bonds. The minimum atomic E-state index is -3.65. The standard InChI is InChI=1S/C21H22IN5O2S/c1-26-11-13-27(14-12-26)21-10-9-20(23-24-21)16-3-2-4-18(15-16)25-30(28,29)19-7-5-17(22)6-8-19/h2-10,15,25H,11-14H2,1H3. The number of nitrogens with one attached hydrogen (secondary N) is 1. The van der Waals surface area contributed by atoms with E-state index in [1.807, 2.05) is 18.2 Å². The van der Waals surface area contributed by atoms with Crippen molar-refractivity contribution >= 4 is 44.1 Å². The molecule has 1 N–H and O–H groups in total. The van der Waals surface area contributed by atoms with E-state index in [0.717, 1.165) is 41.1 Å². The molecule has 2 aromatic carbocycles. The Hall–Kier alpha value is -2.24. The van der Waals surface area contributed by atoms with Crippen LogP contribution in [-0.4, -0.2) is 56.7 Å². The number of nitrogens with zero attached hydrogens (tertiary/aromatic N) is 4. The van der Waals surface area contributed by atoms with E-state index in [1.165, 1.54) is 0 Å². The first kappa shape index (κ1) is 21.0. The number of sulfonamides is 1. The van der Waals surface area contributed by atoms with Crippen molar-refractivity contribution in [2.75, 3.05) is 42.8 Å². The largest absolute Gasteiger partial charge is 0.353 e. The van der Waals surface area contributed by atoms with E-state index in [1.54, 1.807) is 42.5 Å². The van der Waals surface area contributed by atoms with Crippen LogP contribution in [0.1, 0.15) is 0 Å². The fraction of sp³-hybridized carbons (Fsp3) is 0.238. The van der Waals surface area contributed by atoms with Gasteiger partial charge in [0.1, 0.15) is 0 Å². The summed E-state index contributed by atoms with van der Waals surface area (Å²) in [6, 6.07) is 17.8. The van der Waals surface area contributed by atoms with E-state index in [2.05, 4.69) is 54.4 Å². The highest BCUT2D eigenvalue weighted by atomic mass is 127. The van der Waals surface area contributed by atoms with Crippen molar-refractivity contribution in [2.24, 2.45) is 0 Å². The predicted octanol–water partition coefficient (Wildman–Crippen LogP) is 3.30. The summed E-state index contributed by atoms with van der Waals surface area (Å²) in [6.45, 7) is 3.87. The van der Waals surface area contributed by atoms with Gasteiger partial charge < -0.3 is 9.80 Å². The average Bonchev–Trinajstić information content (AvgIpc) is 2.75. The molecular weight excluding hydrogens is 513 g/mol. The van der Waals surface area contributed by atoms with E-state index in [4.69, 9.17) is 0 Å². The highest BCUT2D eigenvalue weighted by molar-refractivity contribution is 14.1. The van der Waals surface area contributed by atoms with Crippen LogP contribution in [0, 0.1) is 3.57 Å². The molecule has 7 nitrogen and oxygen atoms in total. The molecule has 1 aromatic heterocycles. The van der Waals surface area contributed by atoms with E-state index >= 15 is 0 Å². The lowest BCUT2D eigenvalue weighted by molar-refractivity contribution is 0.312. The molecule has 0 bridgehead atoms. The Labute approximate surface area is 190 Å². The second-order valence-corrected chi connectivity index (χ2v) is 10.1. The van der Waals surface area contributed by atoms with Gasteiger partial charge in [-0.1, -0.05) is 12.1 Å². The Bertz CT molecular complexity index is 1110. The number of likely N-dealkylation sites (N-methyl/N-ethyl adjacent to an activating group) is 1. The van der Waals surface area contributed by atoms with Crippen molar-refractivity contribution in [1.29, 1.82) is 0 Å². The Morgan fingerprint density at radius 1 is 0.933 bits per heavy atom. The summed E-state index contributed by atoms with van der Waals surface area (Å²) < 4.78 is 28.9. The Morgan fingerprint density at radius 3 is 2.33 bits per heavy atom. The van der Waals surface area contributed by atoms with Gasteiger partial charge in [0.15, 0.2) is 5.82 Å². The second-order valence-electron chi connectivity index (χ2n) is 7.21. The molecule has 3 aromatic rings. The van der Waals surface area contributed by atoms with E-state index in [0.29, 0.717) is 11.4 Å². The van der Waals surface area contributed by atoms with Gasteiger partial charge in [0.05, 0.1) is 10.6 Å². The zero-order chi connectivity index (χ0) is 21.1. The molecule has 9 heteroatoms. The third-order valence-electron chi connectivity index (χ3n) is 5.01. The number of hydrogen-bond donors (Lipinski definition) is 1. The number of hydrogen-bond acceptors (Lipinski definition) is 6. The summed E-state index contributed by atoms with van der Waals surface area (Å²) in [4.78, 5) is 4.74. The first-order valence-corrected chi connectivity index (χ1v) is 12.1. The maximum atomic E-state index is 12.7. The number of benzene rings is 2. The second kappa shape index (κ2) is 8.86. The van der Waals surface area contributed by atoms with Crippen molar-refractivity contribution in [3.05, 3.63) is 64.2 Å². The molecule has 0 unspecified atom stereocenters. The van der Waals surface area contributed by atoms with Crippen molar-refractivity contribution in [1.82, 2.24) is 15.1 Å². The molecule has 0 saturated carbocycles. The van der Waals surface area contributed by atoms with Crippen LogP contribution < -0.4 is 9.62 Å². The monoisotopic (exact) mass is 535 g/mol. The van der Waals surface area contributed by atoms with Crippen LogP contribution in [0.15, 0.2) is 65.6 Å². The number of piperazine rings is 1. The topological polar surface area (TPSA) is 78.4 Å². The van der Waals surface area contributed by atoms with Crippen molar-refractivity contribution in [2.45, 2.75) is 4.90 Å². The molecule has 0 radical (unpaired) electrons. The zero-order valence-electron chi connectivity index (χ0n) is 16.5. The van der Waals surface area contributed by atoms with E-state index in [-0.39, 0.29) is 4.90 Å². The van der Waals surface area contributed by atoms with Gasteiger partial charge >= 0.3 is 0 Å². The van der Waals surface area contributed by atoms with Gasteiger partial charge in [-0.15, -0.1) is 10.2 Å². The quantitative estimate of drug-likeness (QED) is 0.506. The van der Waals surface area contributed by atoms with Crippen LogP contribution in [0.5, 0.6) is 0 Å². The summed E-state index contributed by atoms with van der Waals surface area (Å²) in [5, 5.41) is 8.75. The maximum Gasteiger partial charge on any atom is 0.261 e. The summed E-state index contributed by atoms with van der Waals surface area (Å²) in [6.07, 6.45) is 0. The maximum absolute atomic E-state index is 12.7. The summed E-state index contributed by atoms with van der Waals surface area (Å²) >= 11 is 2.14. The van der Waals surface area contributed by atoms with Gasteiger partial charge in [0.25, 0.3) is 10.0 Å². The SMILES string of the molecule is CN1CCN(c2ccc(-c3cccc(NS(=O)(=O)c4ccc(I)cc4)c3)nn2)CC1. The number of anilines is 2. The lowest BCUT2D eigenvalue weighted by Gasteiger charge is -2.32. The molecule has 156 valence electrons. The molecule has 1 aliphatic rings. The third kappa shape index (κ3) is 4.90. The molecular formula is C21H22IN5O2S. The molecule has 1 aliphatic heterocycles. The van der Waals surface area contributed by atoms with Crippen molar-refractivity contribution < 1.29 is 8.42 Å². The first-order chi connectivity index (χ1) is 14.4. The van der Waals surface area contributed by atoms with Crippen molar-refractivity contribution in [3.8, 4) is 11.3 Å². The third-order valence-corrected chi connectivity index (χ3v) is 7.13. The van der Waals surface area contributed by atoms with Gasteiger partial charge in [0, 0.05) is 41.0 Å². The molecule has 0 atom stereocenters. The van der Waals surface area contributed by atoms with E-state index in [9.17, 15) is 8.42 Å². The smallest absolute Gasteiger partial charge is 0.261 e. The normalized spacial score (nSPS) is 15.2. The molecule has 4 rings (SSSR count). The van der Waals surface area contributed by atoms with E-state index < -0.39 is 10.0 Å². The fourth-order valence-electron chi connectivity index (χ4n) is 3.25. The van der Waals surface area contributed by atoms with Crippen LogP contribution in [-0.2, 0) is 10.0 Å². The highest BCUT2D eigenvalue weighted by Gasteiger charge is 2.17. The van der Waals surface area contributed by atoms with Gasteiger partial charge in [-0.3, -0.25) is 4.72 Å². The lowest BCUT2D eigenvalue weighted by Crippen LogP contribution is -2.44. The van der Waals surface area contributed by atoms with Crippen molar-refractivity contribution in [3.63, 3.8) is 0 Å². The fourth-order valence-corrected chi connectivity index (χ4v) is 4.66. The summed E-state index contributed by atoms with van der Waals surface area (Å²) in [7, 11) is -1.54. The number of rotatable bonds is 5. The van der Waals surface area contributed by atoms with Crippen LogP contribution in [0.3, 0.4) is 0 Å². The molecule has 1 saturated heterocycles. The highest BCUT2D eigenvalue weighted by Crippen LogP contribution is 2.24. The first-order valence-electron chi connectivity index (χ1n) is 9.57. The van der Waals surface area contributed by atoms with Gasteiger partial charge in [0.2, 0.25) is 0 Å². The average molecular weight is 535 g/mol. The van der Waals surface area contributed by atoms with Crippen LogP contribution in [0.4, 0.5) is 11.5 Å². The molecule has 0 spiro atoms. The molecule has 1 fully saturated rings. The Kier molecular flexibility index (Phi) is 6.21. The minimum Gasteiger partial charge on any atom is -0.353 e. The number of aromatic nitrogens is 2.